The van der Waals surface area contributed by atoms with Gasteiger partial charge in [-0.15, -0.1) is 0 Å². The molecule has 0 amide bonds. The molecule has 1 aliphatic heterocycles. The molecule has 0 N–H and O–H groups in total. The van der Waals surface area contributed by atoms with Crippen molar-refractivity contribution in [3.63, 3.8) is 0 Å². The van der Waals surface area contributed by atoms with E-state index in [0.29, 0.717) is 13.2 Å². The lowest BCUT2D eigenvalue weighted by Crippen LogP contribution is -2.25. The molecule has 2 rings (SSSR count). The Kier molecular flexibility index (Phi) is 6.04. The van der Waals surface area contributed by atoms with Gasteiger partial charge in [0.2, 0.25) is 0 Å². The highest BCUT2D eigenvalue weighted by atomic mass is 16.7. The molecule has 0 aromatic heterocycles. The SMILES string of the molecule is CCCCCCc1ccc(C2OCC(C#N)CO2)cc1. The Bertz CT molecular complexity index is 427. The van der Waals surface area contributed by atoms with E-state index in [9.17, 15) is 0 Å². The second kappa shape index (κ2) is 8.04. The fourth-order valence-corrected chi connectivity index (χ4v) is 2.37. The van der Waals surface area contributed by atoms with Gasteiger partial charge in [-0.3, -0.25) is 0 Å². The van der Waals surface area contributed by atoms with Crippen LogP contribution in [-0.2, 0) is 15.9 Å². The first-order chi connectivity index (χ1) is 9.83. The second-order valence-corrected chi connectivity index (χ2v) is 5.38. The van der Waals surface area contributed by atoms with Crippen molar-refractivity contribution in [2.45, 2.75) is 45.3 Å². The van der Waals surface area contributed by atoms with Crippen LogP contribution in [0.15, 0.2) is 24.3 Å². The molecule has 0 aliphatic carbocycles. The number of hydrogen-bond donors (Lipinski definition) is 0. The number of nitriles is 1. The van der Waals surface area contributed by atoms with E-state index in [2.05, 4.69) is 37.3 Å². The Hall–Kier alpha value is -1.37. The van der Waals surface area contributed by atoms with Crippen molar-refractivity contribution in [3.05, 3.63) is 35.4 Å². The third-order valence-corrected chi connectivity index (χ3v) is 3.65. The molecule has 1 heterocycles. The zero-order chi connectivity index (χ0) is 14.2. The van der Waals surface area contributed by atoms with Crippen LogP contribution in [0.1, 0.15) is 50.0 Å². The maximum Gasteiger partial charge on any atom is 0.183 e. The first-order valence-electron chi connectivity index (χ1n) is 7.55. The van der Waals surface area contributed by atoms with Crippen molar-refractivity contribution in [3.8, 4) is 6.07 Å². The number of benzene rings is 1. The summed E-state index contributed by atoms with van der Waals surface area (Å²) >= 11 is 0. The van der Waals surface area contributed by atoms with Crippen LogP contribution in [0.25, 0.3) is 0 Å². The summed E-state index contributed by atoms with van der Waals surface area (Å²) in [5.74, 6) is -0.135. The molecule has 0 saturated carbocycles. The lowest BCUT2D eigenvalue weighted by atomic mass is 10.0. The molecule has 108 valence electrons. The van der Waals surface area contributed by atoms with Gasteiger partial charge in [0.25, 0.3) is 0 Å². The van der Waals surface area contributed by atoms with E-state index in [4.69, 9.17) is 14.7 Å². The van der Waals surface area contributed by atoms with Crippen molar-refractivity contribution in [2.24, 2.45) is 5.92 Å². The molecule has 0 bridgehead atoms. The maximum atomic E-state index is 8.79. The average Bonchev–Trinajstić information content (AvgIpc) is 2.52. The zero-order valence-electron chi connectivity index (χ0n) is 12.2. The summed E-state index contributed by atoms with van der Waals surface area (Å²) in [6, 6.07) is 10.6. The molecule has 1 aliphatic rings. The summed E-state index contributed by atoms with van der Waals surface area (Å²) in [7, 11) is 0. The molecule has 1 saturated heterocycles. The van der Waals surface area contributed by atoms with Crippen LogP contribution in [0.5, 0.6) is 0 Å². The van der Waals surface area contributed by atoms with E-state index in [1.54, 1.807) is 0 Å². The lowest BCUT2D eigenvalue weighted by molar-refractivity contribution is -0.196. The molecule has 3 nitrogen and oxygen atoms in total. The first-order valence-corrected chi connectivity index (χ1v) is 7.55. The first kappa shape index (κ1) is 15.0. The van der Waals surface area contributed by atoms with Gasteiger partial charge in [-0.25, -0.2) is 0 Å². The van der Waals surface area contributed by atoms with Gasteiger partial charge in [0, 0.05) is 5.56 Å². The highest BCUT2D eigenvalue weighted by Gasteiger charge is 2.23. The fraction of sp³-hybridized carbons (Fsp3) is 0.588. The Morgan fingerprint density at radius 3 is 2.40 bits per heavy atom. The summed E-state index contributed by atoms with van der Waals surface area (Å²) in [5, 5.41) is 8.79. The van der Waals surface area contributed by atoms with Crippen molar-refractivity contribution >= 4 is 0 Å². The molecule has 1 fully saturated rings. The zero-order valence-corrected chi connectivity index (χ0v) is 12.2. The predicted octanol–water partition coefficient (Wildman–Crippen LogP) is 3.99. The van der Waals surface area contributed by atoms with Crippen molar-refractivity contribution < 1.29 is 9.47 Å². The molecule has 0 radical (unpaired) electrons. The molecule has 1 aromatic rings. The van der Waals surface area contributed by atoms with Gasteiger partial charge < -0.3 is 9.47 Å². The van der Waals surface area contributed by atoms with Gasteiger partial charge in [0.15, 0.2) is 6.29 Å². The number of hydrogen-bond acceptors (Lipinski definition) is 3. The standard InChI is InChI=1S/C17H23NO2/c1-2-3-4-5-6-14-7-9-16(10-8-14)17-19-12-15(11-18)13-20-17/h7-10,15,17H,2-6,12-13H2,1H3. The minimum absolute atomic E-state index is 0.135. The predicted molar refractivity (Wildman–Crippen MR) is 78.0 cm³/mol. The molecular weight excluding hydrogens is 250 g/mol. The number of aryl methyl sites for hydroxylation is 1. The van der Waals surface area contributed by atoms with E-state index in [1.807, 2.05) is 0 Å². The highest BCUT2D eigenvalue weighted by molar-refractivity contribution is 5.23. The number of unbranched alkanes of at least 4 members (excludes halogenated alkanes) is 3. The molecule has 3 heteroatoms. The van der Waals surface area contributed by atoms with Crippen molar-refractivity contribution in [2.75, 3.05) is 13.2 Å². The Balaban J connectivity index is 1.81. The van der Waals surface area contributed by atoms with Gasteiger partial charge >= 0.3 is 0 Å². The second-order valence-electron chi connectivity index (χ2n) is 5.38. The van der Waals surface area contributed by atoms with Gasteiger partial charge in [0.1, 0.15) is 0 Å². The third kappa shape index (κ3) is 4.33. The van der Waals surface area contributed by atoms with Gasteiger partial charge in [-0.1, -0.05) is 50.5 Å². The fourth-order valence-electron chi connectivity index (χ4n) is 2.37. The molecule has 0 spiro atoms. The Morgan fingerprint density at radius 2 is 1.80 bits per heavy atom. The average molecular weight is 273 g/mol. The third-order valence-electron chi connectivity index (χ3n) is 3.65. The Labute approximate surface area is 121 Å². The van der Waals surface area contributed by atoms with Crippen LogP contribution >= 0.6 is 0 Å². The maximum absolute atomic E-state index is 8.79. The molecular formula is C17H23NO2. The quantitative estimate of drug-likeness (QED) is 0.736. The van der Waals surface area contributed by atoms with Crippen molar-refractivity contribution in [1.29, 1.82) is 5.26 Å². The monoisotopic (exact) mass is 273 g/mol. The van der Waals surface area contributed by atoms with E-state index >= 15 is 0 Å². The lowest BCUT2D eigenvalue weighted by Gasteiger charge is -2.26. The summed E-state index contributed by atoms with van der Waals surface area (Å²) in [4.78, 5) is 0. The van der Waals surface area contributed by atoms with Gasteiger partial charge in [0.05, 0.1) is 25.2 Å². The summed E-state index contributed by atoms with van der Waals surface area (Å²) in [6.45, 7) is 3.15. The van der Waals surface area contributed by atoms with Gasteiger partial charge in [-0.05, 0) is 18.4 Å². The van der Waals surface area contributed by atoms with Crippen LogP contribution in [0.4, 0.5) is 0 Å². The van der Waals surface area contributed by atoms with E-state index < -0.39 is 0 Å². The van der Waals surface area contributed by atoms with Crippen molar-refractivity contribution in [1.82, 2.24) is 0 Å². The van der Waals surface area contributed by atoms with E-state index in [1.165, 1.54) is 31.2 Å². The number of rotatable bonds is 6. The van der Waals surface area contributed by atoms with Crippen LogP contribution in [0, 0.1) is 17.2 Å². The number of nitrogens with zero attached hydrogens (tertiary/aromatic N) is 1. The van der Waals surface area contributed by atoms with Crippen LogP contribution in [0.2, 0.25) is 0 Å². The van der Waals surface area contributed by atoms with E-state index in [-0.39, 0.29) is 12.2 Å². The number of ether oxygens (including phenoxy) is 2. The molecule has 1 aromatic carbocycles. The largest absolute Gasteiger partial charge is 0.347 e. The van der Waals surface area contributed by atoms with Gasteiger partial charge in [-0.2, -0.15) is 5.26 Å². The Morgan fingerprint density at radius 1 is 1.10 bits per heavy atom. The summed E-state index contributed by atoms with van der Waals surface area (Å²) < 4.78 is 11.2. The minimum Gasteiger partial charge on any atom is -0.347 e. The van der Waals surface area contributed by atoms with Crippen LogP contribution in [0.3, 0.4) is 0 Å². The van der Waals surface area contributed by atoms with Crippen LogP contribution < -0.4 is 0 Å². The molecule has 0 unspecified atom stereocenters. The molecule has 0 atom stereocenters. The molecule has 20 heavy (non-hydrogen) atoms. The summed E-state index contributed by atoms with van der Waals surface area (Å²) in [6.07, 6.45) is 5.99. The smallest absolute Gasteiger partial charge is 0.183 e. The minimum atomic E-state index is -0.311. The summed E-state index contributed by atoms with van der Waals surface area (Å²) in [5.41, 5.74) is 2.41. The van der Waals surface area contributed by atoms with Crippen LogP contribution in [-0.4, -0.2) is 13.2 Å². The normalized spacial score (nSPS) is 22.4. The topological polar surface area (TPSA) is 42.2 Å². The van der Waals surface area contributed by atoms with E-state index in [0.717, 1.165) is 12.0 Å². The highest BCUT2D eigenvalue weighted by Crippen LogP contribution is 2.25.